The number of aromatic nitrogens is 3. The molecule has 0 amide bonds. The zero-order valence-corrected chi connectivity index (χ0v) is 17.1. The monoisotopic (exact) mass is 433 g/mol. The number of hydrogen-bond donors (Lipinski definition) is 2. The van der Waals surface area contributed by atoms with Crippen LogP contribution in [0.3, 0.4) is 0 Å². The Morgan fingerprint density at radius 1 is 1.21 bits per heavy atom. The van der Waals surface area contributed by atoms with E-state index < -0.39 is 21.9 Å². The summed E-state index contributed by atoms with van der Waals surface area (Å²) in [5.74, 6) is -0.354. The molecule has 1 aromatic heterocycles. The number of benzene rings is 2. The van der Waals surface area contributed by atoms with Gasteiger partial charge in [-0.25, -0.2) is 17.5 Å². The van der Waals surface area contributed by atoms with Gasteiger partial charge in [0.15, 0.2) is 0 Å². The first kappa shape index (κ1) is 19.4. The van der Waals surface area contributed by atoms with Gasteiger partial charge in [0.1, 0.15) is 11.9 Å². The number of hydrogen-bond acceptors (Lipinski definition) is 5. The number of anilines is 2. The SMILES string of the molecule is Cc1ccc(C2=CC(c3c(F)cccc3Cl)n3nc(NS(C)(=O)=O)nc3N2)cc1. The molecule has 0 aliphatic carbocycles. The molecule has 2 N–H and O–H groups in total. The fourth-order valence-electron chi connectivity index (χ4n) is 3.10. The summed E-state index contributed by atoms with van der Waals surface area (Å²) in [6.45, 7) is 1.98. The zero-order valence-electron chi connectivity index (χ0n) is 15.5. The molecular formula is C19H17ClFN5O2S. The molecule has 1 aliphatic rings. The van der Waals surface area contributed by atoms with Crippen LogP contribution in [0.25, 0.3) is 5.70 Å². The molecule has 1 aliphatic heterocycles. The molecule has 0 spiro atoms. The highest BCUT2D eigenvalue weighted by molar-refractivity contribution is 7.91. The van der Waals surface area contributed by atoms with Gasteiger partial charge in [0.25, 0.3) is 5.95 Å². The quantitative estimate of drug-likeness (QED) is 0.653. The normalized spacial score (nSPS) is 16.0. The maximum atomic E-state index is 14.7. The van der Waals surface area contributed by atoms with E-state index in [1.807, 2.05) is 31.2 Å². The number of rotatable bonds is 4. The third-order valence-corrected chi connectivity index (χ3v) is 5.28. The summed E-state index contributed by atoms with van der Waals surface area (Å²) in [6.07, 6.45) is 2.78. The van der Waals surface area contributed by atoms with Gasteiger partial charge < -0.3 is 5.32 Å². The Labute approximate surface area is 172 Å². The summed E-state index contributed by atoms with van der Waals surface area (Å²) >= 11 is 6.29. The maximum absolute atomic E-state index is 14.7. The molecule has 0 radical (unpaired) electrons. The molecule has 0 saturated heterocycles. The van der Waals surface area contributed by atoms with E-state index in [2.05, 4.69) is 20.1 Å². The van der Waals surface area contributed by atoms with Crippen molar-refractivity contribution in [3.05, 3.63) is 76.1 Å². The van der Waals surface area contributed by atoms with Gasteiger partial charge in [0.2, 0.25) is 16.0 Å². The molecular weight excluding hydrogens is 417 g/mol. The summed E-state index contributed by atoms with van der Waals surface area (Å²) in [5, 5.41) is 7.56. The fraction of sp³-hybridized carbons (Fsp3) is 0.158. The van der Waals surface area contributed by atoms with E-state index >= 15 is 0 Å². The lowest BCUT2D eigenvalue weighted by atomic mass is 10.0. The second-order valence-electron chi connectivity index (χ2n) is 6.73. The minimum atomic E-state index is -3.58. The van der Waals surface area contributed by atoms with Gasteiger partial charge in [0, 0.05) is 16.3 Å². The van der Waals surface area contributed by atoms with Gasteiger partial charge in [-0.2, -0.15) is 4.98 Å². The third kappa shape index (κ3) is 3.96. The Morgan fingerprint density at radius 3 is 2.59 bits per heavy atom. The largest absolute Gasteiger partial charge is 0.324 e. The smallest absolute Gasteiger partial charge is 0.257 e. The van der Waals surface area contributed by atoms with Crippen LogP contribution in [-0.2, 0) is 10.0 Å². The van der Waals surface area contributed by atoms with Gasteiger partial charge in [-0.05, 0) is 30.7 Å². The maximum Gasteiger partial charge on any atom is 0.257 e. The number of aryl methyl sites for hydroxylation is 1. The topological polar surface area (TPSA) is 88.9 Å². The second-order valence-corrected chi connectivity index (χ2v) is 8.89. The first-order chi connectivity index (χ1) is 13.7. The average Bonchev–Trinajstić information content (AvgIpc) is 3.02. The molecule has 1 unspecified atom stereocenters. The van der Waals surface area contributed by atoms with Crippen LogP contribution in [0.5, 0.6) is 0 Å². The van der Waals surface area contributed by atoms with Crippen molar-refractivity contribution in [2.45, 2.75) is 13.0 Å². The van der Waals surface area contributed by atoms with Gasteiger partial charge >= 0.3 is 0 Å². The van der Waals surface area contributed by atoms with E-state index in [9.17, 15) is 12.8 Å². The molecule has 0 saturated carbocycles. The molecule has 2 heterocycles. The van der Waals surface area contributed by atoms with E-state index in [1.165, 1.54) is 16.8 Å². The van der Waals surface area contributed by atoms with Crippen LogP contribution in [0, 0.1) is 12.7 Å². The number of sulfonamides is 1. The number of nitrogens with zero attached hydrogens (tertiary/aromatic N) is 3. The lowest BCUT2D eigenvalue weighted by molar-refractivity contribution is 0.552. The Hall–Kier alpha value is -2.91. The zero-order chi connectivity index (χ0) is 20.8. The van der Waals surface area contributed by atoms with E-state index in [0.717, 1.165) is 17.4 Å². The van der Waals surface area contributed by atoms with Crippen LogP contribution in [-0.4, -0.2) is 29.4 Å². The van der Waals surface area contributed by atoms with Crippen molar-refractivity contribution < 1.29 is 12.8 Å². The van der Waals surface area contributed by atoms with Gasteiger partial charge in [0.05, 0.1) is 6.26 Å². The Bertz CT molecular complexity index is 1200. The van der Waals surface area contributed by atoms with Gasteiger partial charge in [-0.1, -0.05) is 47.5 Å². The molecule has 10 heteroatoms. The average molecular weight is 434 g/mol. The first-order valence-electron chi connectivity index (χ1n) is 8.65. The van der Waals surface area contributed by atoms with Crippen molar-refractivity contribution in [3.63, 3.8) is 0 Å². The molecule has 7 nitrogen and oxygen atoms in total. The van der Waals surface area contributed by atoms with Crippen LogP contribution >= 0.6 is 11.6 Å². The number of halogens is 2. The third-order valence-electron chi connectivity index (χ3n) is 4.40. The minimum absolute atomic E-state index is 0.119. The predicted molar refractivity (Wildman–Crippen MR) is 111 cm³/mol. The van der Waals surface area contributed by atoms with Crippen LogP contribution in [0.2, 0.25) is 5.02 Å². The lowest BCUT2D eigenvalue weighted by Crippen LogP contribution is -2.21. The molecule has 2 aromatic carbocycles. The number of nitrogens with one attached hydrogen (secondary N) is 2. The van der Waals surface area contributed by atoms with Gasteiger partial charge in [-0.3, -0.25) is 4.72 Å². The Kier molecular flexibility index (Phi) is 4.79. The van der Waals surface area contributed by atoms with Crippen LogP contribution in [0.1, 0.15) is 22.7 Å². The first-order valence-corrected chi connectivity index (χ1v) is 10.9. The van der Waals surface area contributed by atoms with E-state index in [4.69, 9.17) is 11.6 Å². The Balaban J connectivity index is 1.87. The molecule has 0 bridgehead atoms. The molecule has 0 fully saturated rings. The standard InChI is InChI=1S/C19H17ClFN5O2S/c1-11-6-8-12(9-7-11)15-10-16(17-13(20)4-3-5-14(17)21)26-19(22-15)23-18(24-26)25-29(2,27)28/h3-10,16H,1-2H3,(H2,22,23,24,25). The van der Waals surface area contributed by atoms with Crippen molar-refractivity contribution in [1.82, 2.24) is 14.8 Å². The van der Waals surface area contributed by atoms with E-state index in [0.29, 0.717) is 5.70 Å². The van der Waals surface area contributed by atoms with Crippen molar-refractivity contribution in [1.29, 1.82) is 0 Å². The molecule has 3 aromatic rings. The predicted octanol–water partition coefficient (Wildman–Crippen LogP) is 3.81. The van der Waals surface area contributed by atoms with Crippen molar-refractivity contribution in [3.8, 4) is 0 Å². The highest BCUT2D eigenvalue weighted by Gasteiger charge is 2.29. The number of fused-ring (bicyclic) bond motifs is 1. The van der Waals surface area contributed by atoms with Crippen LogP contribution in [0.15, 0.2) is 48.5 Å². The van der Waals surface area contributed by atoms with E-state index in [-0.39, 0.29) is 22.5 Å². The highest BCUT2D eigenvalue weighted by atomic mass is 35.5. The minimum Gasteiger partial charge on any atom is -0.324 e. The Morgan fingerprint density at radius 2 is 1.93 bits per heavy atom. The second kappa shape index (κ2) is 7.16. The van der Waals surface area contributed by atoms with Crippen molar-refractivity contribution in [2.75, 3.05) is 16.3 Å². The van der Waals surface area contributed by atoms with Crippen LogP contribution < -0.4 is 10.0 Å². The van der Waals surface area contributed by atoms with Crippen molar-refractivity contribution in [2.24, 2.45) is 0 Å². The highest BCUT2D eigenvalue weighted by Crippen LogP contribution is 2.37. The summed E-state index contributed by atoms with van der Waals surface area (Å²) in [5.41, 5.74) is 2.86. The molecule has 150 valence electrons. The fourth-order valence-corrected chi connectivity index (χ4v) is 3.80. The summed E-state index contributed by atoms with van der Waals surface area (Å²) in [6, 6.07) is 11.5. The number of allylic oxidation sites excluding steroid dienone is 1. The van der Waals surface area contributed by atoms with Gasteiger partial charge in [-0.15, -0.1) is 5.10 Å². The summed E-state index contributed by atoms with van der Waals surface area (Å²) < 4.78 is 41.5. The molecule has 29 heavy (non-hydrogen) atoms. The summed E-state index contributed by atoms with van der Waals surface area (Å²) in [4.78, 5) is 4.21. The van der Waals surface area contributed by atoms with Crippen molar-refractivity contribution >= 4 is 39.2 Å². The molecule has 1 atom stereocenters. The lowest BCUT2D eigenvalue weighted by Gasteiger charge is -2.25. The van der Waals surface area contributed by atoms with E-state index in [1.54, 1.807) is 12.1 Å². The van der Waals surface area contributed by atoms with Crippen LogP contribution in [0.4, 0.5) is 16.3 Å². The molecule has 4 rings (SSSR count). The summed E-state index contributed by atoms with van der Waals surface area (Å²) in [7, 11) is -3.58.